The van der Waals surface area contributed by atoms with Gasteiger partial charge in [-0.25, -0.2) is 0 Å². The van der Waals surface area contributed by atoms with Crippen LogP contribution >= 0.6 is 11.8 Å². The van der Waals surface area contributed by atoms with Crippen molar-refractivity contribution in [1.82, 2.24) is 19.7 Å². The van der Waals surface area contributed by atoms with Crippen LogP contribution in [0.2, 0.25) is 0 Å². The van der Waals surface area contributed by atoms with Crippen molar-refractivity contribution >= 4 is 11.8 Å². The predicted octanol–water partition coefficient (Wildman–Crippen LogP) is 3.21. The van der Waals surface area contributed by atoms with Gasteiger partial charge in [0, 0.05) is 18.7 Å². The molecule has 1 atom stereocenters. The van der Waals surface area contributed by atoms with Crippen LogP contribution in [-0.2, 0) is 24.4 Å². The number of rotatable bonds is 9. The molecular weight excluding hydrogens is 348 g/mol. The molecule has 0 aliphatic carbocycles. The number of benzene rings is 1. The van der Waals surface area contributed by atoms with Gasteiger partial charge in [-0.2, -0.15) is 0 Å². The van der Waals surface area contributed by atoms with E-state index in [-0.39, 0.29) is 6.10 Å². The molecule has 0 radical (unpaired) electrons. The van der Waals surface area contributed by atoms with E-state index < -0.39 is 0 Å². The summed E-state index contributed by atoms with van der Waals surface area (Å²) in [6.45, 7) is 5.93. The summed E-state index contributed by atoms with van der Waals surface area (Å²) in [6.07, 6.45) is 4.58. The molecule has 0 N–H and O–H groups in total. The first-order valence-electron chi connectivity index (χ1n) is 9.18. The van der Waals surface area contributed by atoms with E-state index in [2.05, 4.69) is 38.8 Å². The number of thioether (sulfide) groups is 1. The monoisotopic (exact) mass is 376 g/mol. The lowest BCUT2D eigenvalue weighted by Gasteiger charge is -2.20. The zero-order chi connectivity index (χ0) is 18.4. The number of nitrogens with zero attached hydrogens (tertiary/aromatic N) is 4. The van der Waals surface area contributed by atoms with Crippen LogP contribution in [0, 0.1) is 0 Å². The van der Waals surface area contributed by atoms with E-state index in [0.29, 0.717) is 6.61 Å². The fourth-order valence-corrected chi connectivity index (χ4v) is 3.80. The van der Waals surface area contributed by atoms with Crippen molar-refractivity contribution in [1.29, 1.82) is 0 Å². The number of aromatic nitrogens is 3. The van der Waals surface area contributed by atoms with Gasteiger partial charge >= 0.3 is 0 Å². The third kappa shape index (κ3) is 4.78. The maximum absolute atomic E-state index is 5.81. The van der Waals surface area contributed by atoms with Gasteiger partial charge in [0.1, 0.15) is 11.6 Å². The Morgan fingerprint density at radius 2 is 2.15 bits per heavy atom. The minimum absolute atomic E-state index is 0.277. The molecule has 1 aliphatic heterocycles. The first-order chi connectivity index (χ1) is 12.7. The molecule has 7 heteroatoms. The first kappa shape index (κ1) is 19.2. The second-order valence-corrected chi connectivity index (χ2v) is 7.33. The molecule has 1 saturated heterocycles. The standard InChI is InChI=1S/C19H28N4O2S/c1-4-24-17-10-6-5-8-15(17)12-22(2)14-18-20-21-19(26-3)23(18)13-16-9-7-11-25-16/h5-6,8,10,16H,4,7,9,11-14H2,1-3H3/t16-/m1/s1. The maximum atomic E-state index is 5.81. The molecule has 1 aromatic carbocycles. The quantitative estimate of drug-likeness (QED) is 0.627. The van der Waals surface area contributed by atoms with Gasteiger partial charge in [-0.3, -0.25) is 4.90 Å². The summed E-state index contributed by atoms with van der Waals surface area (Å²) in [4.78, 5) is 2.25. The molecule has 142 valence electrons. The third-order valence-electron chi connectivity index (χ3n) is 4.51. The van der Waals surface area contributed by atoms with Crippen LogP contribution in [0.25, 0.3) is 0 Å². The molecule has 0 saturated carbocycles. The summed E-state index contributed by atoms with van der Waals surface area (Å²) in [5, 5.41) is 9.74. The molecule has 1 aliphatic rings. The molecule has 2 aromatic rings. The van der Waals surface area contributed by atoms with Crippen LogP contribution in [0.5, 0.6) is 5.75 Å². The van der Waals surface area contributed by atoms with Gasteiger partial charge in [0.2, 0.25) is 0 Å². The van der Waals surface area contributed by atoms with E-state index in [1.54, 1.807) is 11.8 Å². The number of hydrogen-bond donors (Lipinski definition) is 0. The van der Waals surface area contributed by atoms with Crippen LogP contribution in [0.15, 0.2) is 29.4 Å². The van der Waals surface area contributed by atoms with E-state index in [1.807, 2.05) is 25.3 Å². The van der Waals surface area contributed by atoms with Gasteiger partial charge < -0.3 is 14.0 Å². The van der Waals surface area contributed by atoms with Crippen molar-refractivity contribution in [3.63, 3.8) is 0 Å². The second-order valence-electron chi connectivity index (χ2n) is 6.56. The number of hydrogen-bond acceptors (Lipinski definition) is 6. The second kappa shape index (κ2) is 9.39. The average Bonchev–Trinajstić information content (AvgIpc) is 3.28. The van der Waals surface area contributed by atoms with Gasteiger partial charge in [0.25, 0.3) is 0 Å². The molecule has 26 heavy (non-hydrogen) atoms. The number of para-hydroxylation sites is 1. The Hall–Kier alpha value is -1.57. The molecule has 0 bridgehead atoms. The molecule has 1 fully saturated rings. The summed E-state index contributed by atoms with van der Waals surface area (Å²) < 4.78 is 13.8. The summed E-state index contributed by atoms with van der Waals surface area (Å²) in [5.74, 6) is 1.94. The average molecular weight is 377 g/mol. The SMILES string of the molecule is CCOc1ccccc1CN(C)Cc1nnc(SC)n1C[C@H]1CCCO1. The molecule has 6 nitrogen and oxygen atoms in total. The Morgan fingerprint density at radius 3 is 2.88 bits per heavy atom. The molecule has 3 rings (SSSR count). The summed E-state index contributed by atoms with van der Waals surface area (Å²) >= 11 is 1.64. The van der Waals surface area contributed by atoms with E-state index >= 15 is 0 Å². The van der Waals surface area contributed by atoms with Gasteiger partial charge in [0.05, 0.1) is 25.8 Å². The zero-order valence-corrected chi connectivity index (χ0v) is 16.7. The predicted molar refractivity (Wildman–Crippen MR) is 104 cm³/mol. The summed E-state index contributed by atoms with van der Waals surface area (Å²) in [5.41, 5.74) is 1.19. The van der Waals surface area contributed by atoms with E-state index in [1.165, 1.54) is 5.56 Å². The van der Waals surface area contributed by atoms with Crippen molar-refractivity contribution in [3.05, 3.63) is 35.7 Å². The molecule has 0 unspecified atom stereocenters. The van der Waals surface area contributed by atoms with E-state index in [0.717, 1.165) is 55.8 Å². The summed E-state index contributed by atoms with van der Waals surface area (Å²) in [7, 11) is 2.10. The fraction of sp³-hybridized carbons (Fsp3) is 0.579. The van der Waals surface area contributed by atoms with Gasteiger partial charge in [0.15, 0.2) is 5.16 Å². The minimum atomic E-state index is 0.277. The molecular formula is C19H28N4O2S. The first-order valence-corrected chi connectivity index (χ1v) is 10.4. The van der Waals surface area contributed by atoms with Crippen LogP contribution in [0.4, 0.5) is 0 Å². The zero-order valence-electron chi connectivity index (χ0n) is 15.9. The van der Waals surface area contributed by atoms with Crippen molar-refractivity contribution in [2.45, 2.75) is 50.7 Å². The highest BCUT2D eigenvalue weighted by molar-refractivity contribution is 7.98. The molecule has 2 heterocycles. The van der Waals surface area contributed by atoms with Crippen molar-refractivity contribution in [2.24, 2.45) is 0 Å². The van der Waals surface area contributed by atoms with E-state index in [4.69, 9.17) is 9.47 Å². The summed E-state index contributed by atoms with van der Waals surface area (Å²) in [6, 6.07) is 8.21. The number of ether oxygens (including phenoxy) is 2. The minimum Gasteiger partial charge on any atom is -0.494 e. The maximum Gasteiger partial charge on any atom is 0.191 e. The molecule has 0 spiro atoms. The van der Waals surface area contributed by atoms with Crippen LogP contribution in [-0.4, -0.2) is 52.3 Å². The van der Waals surface area contributed by atoms with Crippen molar-refractivity contribution in [2.75, 3.05) is 26.5 Å². The highest BCUT2D eigenvalue weighted by Gasteiger charge is 2.21. The normalized spacial score (nSPS) is 17.2. The molecule has 1 aromatic heterocycles. The van der Waals surface area contributed by atoms with Crippen molar-refractivity contribution in [3.8, 4) is 5.75 Å². The van der Waals surface area contributed by atoms with E-state index in [9.17, 15) is 0 Å². The Kier molecular flexibility index (Phi) is 6.93. The Labute approximate surface area is 159 Å². The Balaban J connectivity index is 1.69. The topological polar surface area (TPSA) is 52.4 Å². The lowest BCUT2D eigenvalue weighted by Crippen LogP contribution is -2.23. The lowest BCUT2D eigenvalue weighted by atomic mass is 10.2. The van der Waals surface area contributed by atoms with Gasteiger partial charge in [-0.1, -0.05) is 30.0 Å². The lowest BCUT2D eigenvalue weighted by molar-refractivity contribution is 0.0934. The van der Waals surface area contributed by atoms with Crippen LogP contribution in [0.3, 0.4) is 0 Å². The smallest absolute Gasteiger partial charge is 0.191 e. The Bertz CT molecular complexity index is 701. The van der Waals surface area contributed by atoms with Crippen molar-refractivity contribution < 1.29 is 9.47 Å². The largest absolute Gasteiger partial charge is 0.494 e. The highest BCUT2D eigenvalue weighted by Crippen LogP contribution is 2.22. The molecule has 0 amide bonds. The van der Waals surface area contributed by atoms with Crippen LogP contribution in [0.1, 0.15) is 31.2 Å². The van der Waals surface area contributed by atoms with Gasteiger partial charge in [-0.05, 0) is 39.1 Å². The van der Waals surface area contributed by atoms with Crippen LogP contribution < -0.4 is 4.74 Å². The van der Waals surface area contributed by atoms with Gasteiger partial charge in [-0.15, -0.1) is 10.2 Å². The Morgan fingerprint density at radius 1 is 1.31 bits per heavy atom. The third-order valence-corrected chi connectivity index (χ3v) is 5.18. The highest BCUT2D eigenvalue weighted by atomic mass is 32.2. The fourth-order valence-electron chi connectivity index (χ4n) is 3.28.